The molecule has 25 heavy (non-hydrogen) atoms. The molecule has 1 aliphatic carbocycles. The van der Waals surface area contributed by atoms with Gasteiger partial charge in [-0.05, 0) is 50.7 Å². The number of nitrogens with zero attached hydrogens (tertiary/aromatic N) is 3. The van der Waals surface area contributed by atoms with Crippen LogP contribution in [0.2, 0.25) is 0 Å². The average Bonchev–Trinajstić information content (AvgIpc) is 3.05. The van der Waals surface area contributed by atoms with E-state index in [2.05, 4.69) is 9.97 Å². The summed E-state index contributed by atoms with van der Waals surface area (Å²) in [5.74, 6) is 1.02. The first-order chi connectivity index (χ1) is 12.2. The van der Waals surface area contributed by atoms with Gasteiger partial charge in [0.1, 0.15) is 11.5 Å². The van der Waals surface area contributed by atoms with Crippen LogP contribution in [-0.2, 0) is 12.8 Å². The topological polar surface area (TPSA) is 85.2 Å². The van der Waals surface area contributed by atoms with Crippen LogP contribution in [0.1, 0.15) is 72.1 Å². The zero-order chi connectivity index (χ0) is 17.2. The Kier molecular flexibility index (Phi) is 4.42. The maximum absolute atomic E-state index is 13.4. The van der Waals surface area contributed by atoms with E-state index in [1.54, 1.807) is 6.26 Å². The fraction of sp³-hybridized carbons (Fsp3) is 0.526. The van der Waals surface area contributed by atoms with E-state index in [-0.39, 0.29) is 17.9 Å². The lowest BCUT2D eigenvalue weighted by molar-refractivity contribution is 0.0650. The molecule has 1 fully saturated rings. The van der Waals surface area contributed by atoms with Gasteiger partial charge in [0.2, 0.25) is 5.95 Å². The number of nitrogen functional groups attached to an aromatic ring is 1. The number of aromatic nitrogens is 2. The quantitative estimate of drug-likeness (QED) is 0.906. The number of anilines is 1. The van der Waals surface area contributed by atoms with Gasteiger partial charge in [-0.3, -0.25) is 4.79 Å². The van der Waals surface area contributed by atoms with Gasteiger partial charge >= 0.3 is 0 Å². The molecule has 0 spiro atoms. The molecule has 2 N–H and O–H groups in total. The lowest BCUT2D eigenvalue weighted by Gasteiger charge is -2.29. The van der Waals surface area contributed by atoms with Crippen molar-refractivity contribution in [3.63, 3.8) is 0 Å². The number of hydrogen-bond donors (Lipinski definition) is 1. The Balaban J connectivity index is 1.72. The fourth-order valence-electron chi connectivity index (χ4n) is 4.05. The lowest BCUT2D eigenvalue weighted by Crippen LogP contribution is -2.36. The van der Waals surface area contributed by atoms with E-state index in [0.717, 1.165) is 74.9 Å². The number of amides is 1. The van der Waals surface area contributed by atoms with Crippen LogP contribution in [0.4, 0.5) is 5.95 Å². The van der Waals surface area contributed by atoms with Gasteiger partial charge < -0.3 is 15.1 Å². The molecule has 1 aliphatic heterocycles. The molecule has 0 aromatic carbocycles. The molecule has 1 saturated heterocycles. The molecule has 1 unspecified atom stereocenters. The molecule has 2 aromatic heterocycles. The zero-order valence-corrected chi connectivity index (χ0v) is 14.4. The summed E-state index contributed by atoms with van der Waals surface area (Å²) >= 11 is 0. The zero-order valence-electron chi connectivity index (χ0n) is 14.4. The number of furan rings is 1. The number of carbonyl (C=O) groups is 1. The Hall–Kier alpha value is -2.37. The minimum absolute atomic E-state index is 0.0274. The summed E-state index contributed by atoms with van der Waals surface area (Å²) < 4.78 is 5.63. The summed E-state index contributed by atoms with van der Waals surface area (Å²) in [6.07, 6.45) is 9.73. The van der Waals surface area contributed by atoms with Gasteiger partial charge in [-0.1, -0.05) is 12.8 Å². The number of likely N-dealkylation sites (tertiary alicyclic amines) is 1. The minimum Gasteiger partial charge on any atom is -0.467 e. The lowest BCUT2D eigenvalue weighted by atomic mass is 9.94. The third-order valence-electron chi connectivity index (χ3n) is 5.29. The van der Waals surface area contributed by atoms with E-state index in [9.17, 15) is 4.79 Å². The summed E-state index contributed by atoms with van der Waals surface area (Å²) in [6, 6.07) is 3.81. The predicted molar refractivity (Wildman–Crippen MR) is 94.0 cm³/mol. The van der Waals surface area contributed by atoms with Crippen molar-refractivity contribution >= 4 is 11.9 Å². The number of aryl methyl sites for hydroxylation is 1. The van der Waals surface area contributed by atoms with Crippen molar-refractivity contribution in [2.45, 2.75) is 57.4 Å². The van der Waals surface area contributed by atoms with Crippen LogP contribution in [0.25, 0.3) is 0 Å². The van der Waals surface area contributed by atoms with E-state index in [4.69, 9.17) is 10.2 Å². The summed E-state index contributed by atoms with van der Waals surface area (Å²) in [6.45, 7) is 0.725. The van der Waals surface area contributed by atoms with Crippen LogP contribution in [-0.4, -0.2) is 27.3 Å². The average molecular weight is 340 g/mol. The smallest absolute Gasteiger partial charge is 0.273 e. The SMILES string of the molecule is Nc1nc2c(c(C(=O)N3CCCCCC3c3ccco3)n1)CCCC2. The molecule has 2 aromatic rings. The van der Waals surface area contributed by atoms with Crippen molar-refractivity contribution in [3.8, 4) is 0 Å². The highest BCUT2D eigenvalue weighted by Crippen LogP contribution is 2.33. The van der Waals surface area contributed by atoms with Crippen LogP contribution < -0.4 is 5.73 Å². The highest BCUT2D eigenvalue weighted by Gasteiger charge is 2.32. The molecule has 6 heteroatoms. The normalized spacial score (nSPS) is 20.8. The maximum atomic E-state index is 13.4. The molecule has 1 amide bonds. The number of carbonyl (C=O) groups excluding carboxylic acids is 1. The summed E-state index contributed by atoms with van der Waals surface area (Å²) in [5.41, 5.74) is 8.34. The maximum Gasteiger partial charge on any atom is 0.273 e. The molecule has 3 heterocycles. The predicted octanol–water partition coefficient (Wildman–Crippen LogP) is 3.29. The Morgan fingerprint density at radius 1 is 1.16 bits per heavy atom. The first-order valence-corrected chi connectivity index (χ1v) is 9.23. The number of rotatable bonds is 2. The van der Waals surface area contributed by atoms with E-state index in [1.807, 2.05) is 17.0 Å². The first-order valence-electron chi connectivity index (χ1n) is 9.23. The molecule has 2 aliphatic rings. The summed E-state index contributed by atoms with van der Waals surface area (Å²) in [5, 5.41) is 0. The highest BCUT2D eigenvalue weighted by atomic mass is 16.3. The second-order valence-electron chi connectivity index (χ2n) is 6.94. The number of fused-ring (bicyclic) bond motifs is 1. The van der Waals surface area contributed by atoms with E-state index in [0.29, 0.717) is 5.69 Å². The van der Waals surface area contributed by atoms with E-state index < -0.39 is 0 Å². The molecule has 0 saturated carbocycles. The summed E-state index contributed by atoms with van der Waals surface area (Å²) in [4.78, 5) is 24.1. The molecule has 0 radical (unpaired) electrons. The van der Waals surface area contributed by atoms with Crippen LogP contribution in [0.3, 0.4) is 0 Å². The van der Waals surface area contributed by atoms with E-state index in [1.165, 1.54) is 0 Å². The second-order valence-corrected chi connectivity index (χ2v) is 6.94. The monoisotopic (exact) mass is 340 g/mol. The Morgan fingerprint density at radius 3 is 2.88 bits per heavy atom. The van der Waals surface area contributed by atoms with Gasteiger partial charge in [0.15, 0.2) is 0 Å². The van der Waals surface area contributed by atoms with E-state index >= 15 is 0 Å². The van der Waals surface area contributed by atoms with Gasteiger partial charge in [-0.25, -0.2) is 9.97 Å². The van der Waals surface area contributed by atoms with Crippen LogP contribution >= 0.6 is 0 Å². The van der Waals surface area contributed by atoms with Crippen molar-refractivity contribution in [3.05, 3.63) is 41.1 Å². The van der Waals surface area contributed by atoms with Gasteiger partial charge in [0, 0.05) is 17.8 Å². The van der Waals surface area contributed by atoms with Crippen molar-refractivity contribution in [1.29, 1.82) is 0 Å². The number of hydrogen-bond acceptors (Lipinski definition) is 5. The van der Waals surface area contributed by atoms with Crippen LogP contribution in [0, 0.1) is 0 Å². The Labute approximate surface area is 147 Å². The van der Waals surface area contributed by atoms with Gasteiger partial charge in [0.25, 0.3) is 5.91 Å². The molecule has 0 bridgehead atoms. The van der Waals surface area contributed by atoms with Gasteiger partial charge in [0.05, 0.1) is 12.3 Å². The molecule has 132 valence electrons. The van der Waals surface area contributed by atoms with Crippen LogP contribution in [0.15, 0.2) is 22.8 Å². The third-order valence-corrected chi connectivity index (χ3v) is 5.29. The van der Waals surface area contributed by atoms with Crippen LogP contribution in [0.5, 0.6) is 0 Å². The van der Waals surface area contributed by atoms with Crippen molar-refractivity contribution in [1.82, 2.24) is 14.9 Å². The summed E-state index contributed by atoms with van der Waals surface area (Å²) in [7, 11) is 0. The van der Waals surface area contributed by atoms with Crippen molar-refractivity contribution < 1.29 is 9.21 Å². The molecule has 6 nitrogen and oxygen atoms in total. The highest BCUT2D eigenvalue weighted by molar-refractivity contribution is 5.94. The second kappa shape index (κ2) is 6.86. The Bertz CT molecular complexity index is 757. The molecular formula is C19H24N4O2. The van der Waals surface area contributed by atoms with Gasteiger partial charge in [-0.2, -0.15) is 0 Å². The number of nitrogens with two attached hydrogens (primary N) is 1. The largest absolute Gasteiger partial charge is 0.467 e. The first kappa shape index (κ1) is 16.1. The fourth-order valence-corrected chi connectivity index (χ4v) is 4.05. The minimum atomic E-state index is -0.0319. The molecule has 1 atom stereocenters. The standard InChI is InChI=1S/C19H24N4O2/c20-19-21-14-8-4-3-7-13(14)17(22-19)18(24)23-11-5-1-2-9-15(23)16-10-6-12-25-16/h6,10,12,15H,1-5,7-9,11H2,(H2,20,21,22). The van der Waals surface area contributed by atoms with Gasteiger partial charge in [-0.15, -0.1) is 0 Å². The molecule has 4 rings (SSSR count). The van der Waals surface area contributed by atoms with Crippen molar-refractivity contribution in [2.75, 3.05) is 12.3 Å². The van der Waals surface area contributed by atoms with Crippen molar-refractivity contribution in [2.24, 2.45) is 0 Å². The third kappa shape index (κ3) is 3.13. The molecular weight excluding hydrogens is 316 g/mol. The Morgan fingerprint density at radius 2 is 2.04 bits per heavy atom.